The Morgan fingerprint density at radius 1 is 1.44 bits per heavy atom. The molecule has 98 valence electrons. The molecule has 18 heavy (non-hydrogen) atoms. The maximum absolute atomic E-state index is 11.5. The highest BCUT2D eigenvalue weighted by Gasteiger charge is 2.44. The van der Waals surface area contributed by atoms with Gasteiger partial charge in [-0.3, -0.25) is 10.0 Å². The number of amides is 1. The standard InChI is InChI=1S/C12H15N2O4/c1-13-8-12(14(17)18,7-10(15)11(13)16)9-5-3-2-4-6-9/h2-6,10,15,17H,7-8H2,1H3/q-1. The Morgan fingerprint density at radius 3 is 2.56 bits per heavy atom. The van der Waals surface area contributed by atoms with Crippen molar-refractivity contribution in [2.45, 2.75) is 18.1 Å². The number of likely N-dealkylation sites (tertiary alicyclic amines) is 1. The van der Waals surface area contributed by atoms with E-state index in [9.17, 15) is 20.3 Å². The number of carbonyl (C=O) groups is 1. The SMILES string of the molecule is CN1CC(c2ccccc2)(N([O-])O)CC(O)C1=O. The van der Waals surface area contributed by atoms with E-state index in [2.05, 4.69) is 0 Å². The first-order chi connectivity index (χ1) is 8.47. The van der Waals surface area contributed by atoms with Gasteiger partial charge in [0, 0.05) is 20.0 Å². The molecule has 0 bridgehead atoms. The van der Waals surface area contributed by atoms with Crippen LogP contribution in [0.15, 0.2) is 30.3 Å². The Balaban J connectivity index is 2.43. The Labute approximate surface area is 105 Å². The second-order valence-electron chi connectivity index (χ2n) is 4.58. The number of hydroxylamine groups is 2. The third-order valence-electron chi connectivity index (χ3n) is 3.37. The van der Waals surface area contributed by atoms with E-state index in [0.29, 0.717) is 5.56 Å². The molecule has 0 radical (unpaired) electrons. The highest BCUT2D eigenvalue weighted by atomic mass is 16.8. The van der Waals surface area contributed by atoms with E-state index in [4.69, 9.17) is 0 Å². The lowest BCUT2D eigenvalue weighted by atomic mass is 9.81. The van der Waals surface area contributed by atoms with Crippen LogP contribution in [0.25, 0.3) is 0 Å². The third-order valence-corrected chi connectivity index (χ3v) is 3.37. The number of piperidine rings is 1. The highest BCUT2D eigenvalue weighted by molar-refractivity contribution is 5.81. The Hall–Kier alpha value is -1.47. The smallest absolute Gasteiger partial charge is 0.251 e. The number of hydrogen-bond donors (Lipinski definition) is 2. The van der Waals surface area contributed by atoms with Gasteiger partial charge in [-0.15, -0.1) is 0 Å². The third kappa shape index (κ3) is 1.99. The molecule has 0 aromatic heterocycles. The van der Waals surface area contributed by atoms with Crippen molar-refractivity contribution in [1.82, 2.24) is 10.1 Å². The number of nitrogens with zero attached hydrogens (tertiary/aromatic N) is 2. The van der Waals surface area contributed by atoms with Crippen LogP contribution in [0.2, 0.25) is 0 Å². The number of likely N-dealkylation sites (N-methyl/N-ethyl adjacent to an activating group) is 1. The van der Waals surface area contributed by atoms with Crippen molar-refractivity contribution in [2.75, 3.05) is 13.6 Å². The Bertz CT molecular complexity index is 421. The molecule has 1 saturated heterocycles. The van der Waals surface area contributed by atoms with E-state index in [1.54, 1.807) is 30.3 Å². The van der Waals surface area contributed by atoms with E-state index < -0.39 is 17.6 Å². The Morgan fingerprint density at radius 2 is 2.06 bits per heavy atom. The summed E-state index contributed by atoms with van der Waals surface area (Å²) in [6.07, 6.45) is -1.41. The minimum Gasteiger partial charge on any atom is -0.761 e. The predicted molar refractivity (Wildman–Crippen MR) is 63.4 cm³/mol. The maximum atomic E-state index is 11.5. The van der Waals surface area contributed by atoms with Crippen molar-refractivity contribution in [3.8, 4) is 0 Å². The van der Waals surface area contributed by atoms with Crippen molar-refractivity contribution >= 4 is 5.91 Å². The number of carbonyl (C=O) groups excluding carboxylic acids is 1. The van der Waals surface area contributed by atoms with E-state index >= 15 is 0 Å². The summed E-state index contributed by atoms with van der Waals surface area (Å²) < 4.78 is 0. The molecular formula is C12H15N2O4-. The van der Waals surface area contributed by atoms with Gasteiger partial charge >= 0.3 is 0 Å². The summed E-state index contributed by atoms with van der Waals surface area (Å²) in [4.78, 5) is 12.8. The average Bonchev–Trinajstić information content (AvgIpc) is 2.36. The average molecular weight is 251 g/mol. The molecule has 1 fully saturated rings. The fourth-order valence-corrected chi connectivity index (χ4v) is 2.40. The molecule has 0 saturated carbocycles. The van der Waals surface area contributed by atoms with Crippen LogP contribution in [0.1, 0.15) is 12.0 Å². The second-order valence-corrected chi connectivity index (χ2v) is 4.58. The summed E-state index contributed by atoms with van der Waals surface area (Å²) in [6.45, 7) is 0.0346. The van der Waals surface area contributed by atoms with Gasteiger partial charge in [-0.1, -0.05) is 30.3 Å². The highest BCUT2D eigenvalue weighted by Crippen LogP contribution is 2.36. The summed E-state index contributed by atoms with van der Waals surface area (Å²) in [5.74, 6) is -0.441. The summed E-state index contributed by atoms with van der Waals surface area (Å²) >= 11 is 0. The summed E-state index contributed by atoms with van der Waals surface area (Å²) in [5.41, 5.74) is -0.746. The van der Waals surface area contributed by atoms with E-state index in [-0.39, 0.29) is 18.2 Å². The molecule has 1 aliphatic heterocycles. The van der Waals surface area contributed by atoms with Gasteiger partial charge < -0.3 is 20.4 Å². The molecule has 1 aromatic rings. The molecule has 1 aromatic carbocycles. The van der Waals surface area contributed by atoms with Crippen LogP contribution in [0.4, 0.5) is 0 Å². The van der Waals surface area contributed by atoms with Crippen LogP contribution in [0.3, 0.4) is 0 Å². The molecule has 2 rings (SSSR count). The molecule has 2 unspecified atom stereocenters. The van der Waals surface area contributed by atoms with Gasteiger partial charge in [-0.05, 0) is 5.56 Å². The van der Waals surface area contributed by atoms with Crippen LogP contribution >= 0.6 is 0 Å². The summed E-state index contributed by atoms with van der Waals surface area (Å²) in [6, 6.07) is 8.65. The number of hydrogen-bond acceptors (Lipinski definition) is 5. The van der Waals surface area contributed by atoms with Crippen molar-refractivity contribution in [2.24, 2.45) is 0 Å². The second kappa shape index (κ2) is 4.66. The zero-order chi connectivity index (χ0) is 13.3. The van der Waals surface area contributed by atoms with Gasteiger partial charge in [0.05, 0.1) is 5.54 Å². The minimum atomic E-state index is -1.32. The summed E-state index contributed by atoms with van der Waals surface area (Å²) in [7, 11) is 1.49. The zero-order valence-electron chi connectivity index (χ0n) is 9.98. The van der Waals surface area contributed by atoms with Gasteiger partial charge in [-0.2, -0.15) is 0 Å². The lowest BCUT2D eigenvalue weighted by molar-refractivity contribution is -0.182. The van der Waals surface area contributed by atoms with Gasteiger partial charge in [0.2, 0.25) is 0 Å². The van der Waals surface area contributed by atoms with Crippen molar-refractivity contribution in [3.63, 3.8) is 0 Å². The number of benzene rings is 1. The van der Waals surface area contributed by atoms with Gasteiger partial charge in [0.25, 0.3) is 5.91 Å². The van der Waals surface area contributed by atoms with Crippen molar-refractivity contribution < 1.29 is 15.1 Å². The molecule has 1 heterocycles. The fourth-order valence-electron chi connectivity index (χ4n) is 2.40. The monoisotopic (exact) mass is 251 g/mol. The van der Waals surface area contributed by atoms with Crippen LogP contribution in [-0.2, 0) is 10.3 Å². The van der Waals surface area contributed by atoms with Gasteiger partial charge in [0.1, 0.15) is 6.10 Å². The predicted octanol–water partition coefficient (Wildman–Crippen LogP) is 0.294. The first-order valence-corrected chi connectivity index (χ1v) is 5.62. The maximum Gasteiger partial charge on any atom is 0.251 e. The van der Waals surface area contributed by atoms with Crippen LogP contribution in [0, 0.1) is 5.21 Å². The molecule has 1 aliphatic rings. The van der Waals surface area contributed by atoms with Crippen molar-refractivity contribution in [1.29, 1.82) is 0 Å². The van der Waals surface area contributed by atoms with Crippen molar-refractivity contribution in [3.05, 3.63) is 41.1 Å². The van der Waals surface area contributed by atoms with Gasteiger partial charge in [-0.25, -0.2) is 0 Å². The molecule has 6 heteroatoms. The molecule has 6 nitrogen and oxygen atoms in total. The minimum absolute atomic E-state index is 0.0346. The quantitative estimate of drug-likeness (QED) is 0.738. The first kappa shape index (κ1) is 13.0. The molecular weight excluding hydrogens is 236 g/mol. The lowest BCUT2D eigenvalue weighted by Crippen LogP contribution is -2.59. The molecule has 1 amide bonds. The van der Waals surface area contributed by atoms with E-state index in [0.717, 1.165) is 0 Å². The fraction of sp³-hybridized carbons (Fsp3) is 0.417. The Kier molecular flexibility index (Phi) is 3.36. The number of rotatable bonds is 2. The topological polar surface area (TPSA) is 87.1 Å². The molecule has 2 atom stereocenters. The first-order valence-electron chi connectivity index (χ1n) is 5.62. The molecule has 2 N–H and O–H groups in total. The number of aliphatic hydroxyl groups excluding tert-OH is 1. The van der Waals surface area contributed by atoms with Crippen LogP contribution < -0.4 is 0 Å². The summed E-state index contributed by atoms with van der Waals surface area (Å²) in [5, 5.41) is 30.5. The van der Waals surface area contributed by atoms with E-state index in [1.165, 1.54) is 11.9 Å². The van der Waals surface area contributed by atoms with Crippen LogP contribution in [0.5, 0.6) is 0 Å². The van der Waals surface area contributed by atoms with E-state index in [1.807, 2.05) is 0 Å². The van der Waals surface area contributed by atoms with Crippen LogP contribution in [-0.4, -0.2) is 46.0 Å². The molecule has 0 aliphatic carbocycles. The lowest BCUT2D eigenvalue weighted by Gasteiger charge is -2.50. The number of aliphatic hydroxyl groups is 1. The normalized spacial score (nSPS) is 28.8. The van der Waals surface area contributed by atoms with Gasteiger partial charge in [0.15, 0.2) is 0 Å². The molecule has 0 spiro atoms. The largest absolute Gasteiger partial charge is 0.761 e. The zero-order valence-corrected chi connectivity index (χ0v) is 9.98.